The molecule has 1 aliphatic carbocycles. The van der Waals surface area contributed by atoms with Crippen LogP contribution in [0.2, 0.25) is 0 Å². The number of nitrogens with zero attached hydrogens (tertiary/aromatic N) is 2. The van der Waals surface area contributed by atoms with Crippen LogP contribution in [0, 0.1) is 17.2 Å². The Morgan fingerprint density at radius 3 is 2.76 bits per heavy atom. The molecule has 1 N–H and O–H groups in total. The number of nitriles is 1. The summed E-state index contributed by atoms with van der Waals surface area (Å²) in [5.41, 5.74) is 3.85. The Morgan fingerprint density at radius 1 is 1.47 bits per heavy atom. The largest absolute Gasteiger partial charge is 0.282 e. The minimum absolute atomic E-state index is 0.602. The van der Waals surface area contributed by atoms with Gasteiger partial charge in [0.15, 0.2) is 0 Å². The summed E-state index contributed by atoms with van der Waals surface area (Å²) in [6.45, 7) is 4.44. The van der Waals surface area contributed by atoms with Crippen LogP contribution in [0.25, 0.3) is 0 Å². The van der Waals surface area contributed by atoms with E-state index in [0.717, 1.165) is 12.8 Å². The molecule has 0 unspecified atom stereocenters. The summed E-state index contributed by atoms with van der Waals surface area (Å²) in [5.74, 6) is 1.28. The van der Waals surface area contributed by atoms with E-state index in [-0.39, 0.29) is 0 Å². The monoisotopic (exact) mass is 231 g/mol. The highest BCUT2D eigenvalue weighted by Crippen LogP contribution is 2.38. The summed E-state index contributed by atoms with van der Waals surface area (Å²) < 4.78 is 0. The van der Waals surface area contributed by atoms with E-state index in [1.54, 1.807) is 0 Å². The minimum Gasteiger partial charge on any atom is -0.282 e. The molecular formula is C14H21N3. The van der Waals surface area contributed by atoms with Gasteiger partial charge in [0.1, 0.15) is 0 Å². The van der Waals surface area contributed by atoms with Gasteiger partial charge in [-0.15, -0.1) is 0 Å². The van der Waals surface area contributed by atoms with E-state index in [1.165, 1.54) is 36.2 Å². The average molecular weight is 231 g/mol. The molecule has 92 valence electrons. The van der Waals surface area contributed by atoms with Gasteiger partial charge in [-0.05, 0) is 37.2 Å². The molecule has 0 atom stereocenters. The van der Waals surface area contributed by atoms with Gasteiger partial charge in [-0.2, -0.15) is 10.4 Å². The van der Waals surface area contributed by atoms with Gasteiger partial charge in [0.2, 0.25) is 0 Å². The van der Waals surface area contributed by atoms with E-state index in [4.69, 9.17) is 5.26 Å². The van der Waals surface area contributed by atoms with Crippen molar-refractivity contribution in [2.45, 2.75) is 58.3 Å². The summed E-state index contributed by atoms with van der Waals surface area (Å²) in [6, 6.07) is 2.25. The molecule has 1 fully saturated rings. The molecule has 1 aromatic rings. The smallest absolute Gasteiger partial charge is 0.0688 e. The second-order valence-corrected chi connectivity index (χ2v) is 5.45. The highest BCUT2D eigenvalue weighted by molar-refractivity contribution is 5.30. The quantitative estimate of drug-likeness (QED) is 0.845. The van der Waals surface area contributed by atoms with Gasteiger partial charge < -0.3 is 0 Å². The van der Waals surface area contributed by atoms with Crippen molar-refractivity contribution < 1.29 is 0 Å². The first kappa shape index (κ1) is 12.2. The number of hydrogen-bond acceptors (Lipinski definition) is 2. The minimum atomic E-state index is 0.602. The van der Waals surface area contributed by atoms with E-state index in [2.05, 4.69) is 30.1 Å². The van der Waals surface area contributed by atoms with Crippen LogP contribution in [-0.4, -0.2) is 10.2 Å². The Hall–Kier alpha value is -1.30. The number of rotatable bonds is 5. The molecule has 0 aromatic carbocycles. The maximum atomic E-state index is 8.76. The Morgan fingerprint density at radius 2 is 2.24 bits per heavy atom. The van der Waals surface area contributed by atoms with E-state index < -0.39 is 0 Å². The van der Waals surface area contributed by atoms with Crippen LogP contribution in [0.5, 0.6) is 0 Å². The Balaban J connectivity index is 2.19. The number of aromatic amines is 1. The van der Waals surface area contributed by atoms with E-state index >= 15 is 0 Å². The summed E-state index contributed by atoms with van der Waals surface area (Å²) in [5, 5.41) is 16.5. The summed E-state index contributed by atoms with van der Waals surface area (Å²) >= 11 is 0. The highest BCUT2D eigenvalue weighted by atomic mass is 15.1. The van der Waals surface area contributed by atoms with E-state index in [1.807, 2.05) is 0 Å². The maximum Gasteiger partial charge on any atom is 0.0688 e. The first-order chi connectivity index (χ1) is 8.22. The van der Waals surface area contributed by atoms with Gasteiger partial charge in [0.25, 0.3) is 0 Å². The number of nitrogens with one attached hydrogen (secondary N) is 1. The standard InChI is InChI=1S/C14H21N3/c1-10(2)9-13-12(7-4-8-15)14(17-16-13)11-5-3-6-11/h10-11H,3-7,9H2,1-2H3,(H,16,17). The normalized spacial score (nSPS) is 15.9. The Kier molecular flexibility index (Phi) is 3.83. The van der Waals surface area contributed by atoms with Gasteiger partial charge in [-0.3, -0.25) is 5.10 Å². The molecule has 0 saturated heterocycles. The fraction of sp³-hybridized carbons (Fsp3) is 0.714. The summed E-state index contributed by atoms with van der Waals surface area (Å²) in [4.78, 5) is 0. The van der Waals surface area contributed by atoms with Gasteiger partial charge in [-0.25, -0.2) is 0 Å². The second-order valence-electron chi connectivity index (χ2n) is 5.45. The summed E-state index contributed by atoms with van der Waals surface area (Å²) in [6.07, 6.45) is 6.37. The van der Waals surface area contributed by atoms with Crippen LogP contribution in [0.15, 0.2) is 0 Å². The molecule has 1 aromatic heterocycles. The van der Waals surface area contributed by atoms with Crippen molar-refractivity contribution in [1.29, 1.82) is 5.26 Å². The zero-order valence-electron chi connectivity index (χ0n) is 10.8. The SMILES string of the molecule is CC(C)Cc1[nH]nc(C2CCC2)c1CCC#N. The molecule has 1 aliphatic rings. The fourth-order valence-corrected chi connectivity index (χ4v) is 2.47. The number of H-pyrrole nitrogens is 1. The van der Waals surface area contributed by atoms with Gasteiger partial charge in [0, 0.05) is 18.0 Å². The topological polar surface area (TPSA) is 52.5 Å². The zero-order chi connectivity index (χ0) is 12.3. The lowest BCUT2D eigenvalue weighted by atomic mass is 9.80. The molecule has 0 radical (unpaired) electrons. The van der Waals surface area contributed by atoms with Crippen LogP contribution in [0.3, 0.4) is 0 Å². The van der Waals surface area contributed by atoms with Crippen molar-refractivity contribution in [3.63, 3.8) is 0 Å². The summed E-state index contributed by atoms with van der Waals surface area (Å²) in [7, 11) is 0. The highest BCUT2D eigenvalue weighted by Gasteiger charge is 2.26. The maximum absolute atomic E-state index is 8.76. The second kappa shape index (κ2) is 5.35. The van der Waals surface area contributed by atoms with Gasteiger partial charge >= 0.3 is 0 Å². The zero-order valence-corrected chi connectivity index (χ0v) is 10.8. The molecule has 3 nitrogen and oxygen atoms in total. The molecule has 1 heterocycles. The molecule has 1 saturated carbocycles. The van der Waals surface area contributed by atoms with Crippen LogP contribution >= 0.6 is 0 Å². The lowest BCUT2D eigenvalue weighted by molar-refractivity contribution is 0.408. The lowest BCUT2D eigenvalue weighted by Gasteiger charge is -2.24. The van der Waals surface area contributed by atoms with Crippen molar-refractivity contribution in [1.82, 2.24) is 10.2 Å². The third-order valence-corrected chi connectivity index (χ3v) is 3.58. The number of hydrogen-bond donors (Lipinski definition) is 1. The molecule has 0 amide bonds. The van der Waals surface area contributed by atoms with Gasteiger partial charge in [-0.1, -0.05) is 20.3 Å². The Labute approximate surface area is 103 Å². The van der Waals surface area contributed by atoms with E-state index in [9.17, 15) is 0 Å². The van der Waals surface area contributed by atoms with Crippen molar-refractivity contribution >= 4 is 0 Å². The van der Waals surface area contributed by atoms with E-state index in [0.29, 0.717) is 18.3 Å². The van der Waals surface area contributed by atoms with Gasteiger partial charge in [0.05, 0.1) is 11.8 Å². The van der Waals surface area contributed by atoms with Crippen LogP contribution < -0.4 is 0 Å². The molecule has 17 heavy (non-hydrogen) atoms. The first-order valence-electron chi connectivity index (χ1n) is 6.65. The molecular weight excluding hydrogens is 210 g/mol. The molecule has 0 bridgehead atoms. The van der Waals surface area contributed by atoms with Crippen molar-refractivity contribution in [2.24, 2.45) is 5.92 Å². The lowest BCUT2D eigenvalue weighted by Crippen LogP contribution is -2.11. The fourth-order valence-electron chi connectivity index (χ4n) is 2.47. The molecule has 2 rings (SSSR count). The predicted molar refractivity (Wildman–Crippen MR) is 67.7 cm³/mol. The van der Waals surface area contributed by atoms with Crippen LogP contribution in [-0.2, 0) is 12.8 Å². The van der Waals surface area contributed by atoms with Crippen molar-refractivity contribution in [2.75, 3.05) is 0 Å². The molecule has 0 aliphatic heterocycles. The molecule has 3 heteroatoms. The third-order valence-electron chi connectivity index (χ3n) is 3.58. The Bertz CT molecular complexity index is 408. The first-order valence-corrected chi connectivity index (χ1v) is 6.65. The van der Waals surface area contributed by atoms with Crippen molar-refractivity contribution in [3.8, 4) is 6.07 Å². The van der Waals surface area contributed by atoms with Crippen molar-refractivity contribution in [3.05, 3.63) is 17.0 Å². The predicted octanol–water partition coefficient (Wildman–Crippen LogP) is 3.33. The van der Waals surface area contributed by atoms with Crippen LogP contribution in [0.4, 0.5) is 0 Å². The third kappa shape index (κ3) is 2.69. The van der Waals surface area contributed by atoms with Crippen LogP contribution in [0.1, 0.15) is 62.4 Å². The molecule has 0 spiro atoms. The average Bonchev–Trinajstić information content (AvgIpc) is 2.55. The number of aromatic nitrogens is 2.